The topological polar surface area (TPSA) is 15.3 Å². The molecule has 1 aliphatic heterocycles. The van der Waals surface area contributed by atoms with Gasteiger partial charge in [-0.15, -0.1) is 0 Å². The first-order valence-corrected chi connectivity index (χ1v) is 7.56. The molecule has 2 rings (SSSR count). The molecule has 0 spiro atoms. The van der Waals surface area contributed by atoms with Crippen LogP contribution >= 0.6 is 15.9 Å². The molecule has 1 aliphatic rings. The van der Waals surface area contributed by atoms with Gasteiger partial charge in [0.1, 0.15) is 0 Å². The van der Waals surface area contributed by atoms with Gasteiger partial charge in [-0.2, -0.15) is 13.2 Å². The van der Waals surface area contributed by atoms with E-state index in [2.05, 4.69) is 21.2 Å². The Balaban J connectivity index is 2.22. The first kappa shape index (κ1) is 15.6. The number of hydrogen-bond donors (Lipinski definition) is 1. The molecule has 0 bridgehead atoms. The van der Waals surface area contributed by atoms with E-state index in [1.165, 1.54) is 12.1 Å². The van der Waals surface area contributed by atoms with Gasteiger partial charge in [-0.1, -0.05) is 6.92 Å². The van der Waals surface area contributed by atoms with E-state index in [1.807, 2.05) is 11.8 Å². The van der Waals surface area contributed by atoms with Crippen molar-refractivity contribution in [3.05, 3.63) is 28.2 Å². The van der Waals surface area contributed by atoms with Gasteiger partial charge in [-0.3, -0.25) is 0 Å². The Hall–Kier alpha value is -0.750. The number of nitrogens with one attached hydrogen (secondary N) is 1. The van der Waals surface area contributed by atoms with Crippen LogP contribution in [-0.4, -0.2) is 25.7 Å². The van der Waals surface area contributed by atoms with Crippen molar-refractivity contribution in [3.63, 3.8) is 0 Å². The summed E-state index contributed by atoms with van der Waals surface area (Å²) in [5.74, 6) is 0. The number of rotatable bonds is 3. The third kappa shape index (κ3) is 3.67. The molecule has 1 atom stereocenters. The van der Waals surface area contributed by atoms with Crippen LogP contribution in [0.25, 0.3) is 0 Å². The summed E-state index contributed by atoms with van der Waals surface area (Å²) in [7, 11) is 0. The van der Waals surface area contributed by atoms with E-state index in [-0.39, 0.29) is 0 Å². The smallest absolute Gasteiger partial charge is 0.369 e. The van der Waals surface area contributed by atoms with Crippen molar-refractivity contribution in [1.82, 2.24) is 5.32 Å². The van der Waals surface area contributed by atoms with Crippen LogP contribution in [0.2, 0.25) is 0 Å². The first-order valence-electron chi connectivity index (χ1n) is 6.77. The van der Waals surface area contributed by atoms with Crippen molar-refractivity contribution < 1.29 is 13.2 Å². The summed E-state index contributed by atoms with van der Waals surface area (Å²) in [6.07, 6.45) is -2.24. The van der Waals surface area contributed by atoms with Crippen LogP contribution in [0.3, 0.4) is 0 Å². The Morgan fingerprint density at radius 3 is 2.80 bits per heavy atom. The quantitative estimate of drug-likeness (QED) is 0.884. The van der Waals surface area contributed by atoms with E-state index < -0.39 is 11.7 Å². The third-order valence-electron chi connectivity index (χ3n) is 3.53. The number of hydrogen-bond acceptors (Lipinski definition) is 2. The fourth-order valence-corrected chi connectivity index (χ4v) is 3.08. The highest BCUT2D eigenvalue weighted by atomic mass is 79.9. The first-order chi connectivity index (χ1) is 9.41. The molecule has 0 radical (unpaired) electrons. The average Bonchev–Trinajstić information content (AvgIpc) is 2.38. The van der Waals surface area contributed by atoms with Crippen LogP contribution in [-0.2, 0) is 6.18 Å². The highest BCUT2D eigenvalue weighted by Gasteiger charge is 2.32. The van der Waals surface area contributed by atoms with Crippen molar-refractivity contribution in [2.75, 3.05) is 24.5 Å². The Kier molecular flexibility index (Phi) is 4.96. The van der Waals surface area contributed by atoms with Gasteiger partial charge in [0.25, 0.3) is 0 Å². The van der Waals surface area contributed by atoms with E-state index in [1.54, 1.807) is 0 Å². The fourth-order valence-electron chi connectivity index (χ4n) is 2.58. The third-order valence-corrected chi connectivity index (χ3v) is 4.20. The molecule has 2 nitrogen and oxygen atoms in total. The van der Waals surface area contributed by atoms with Crippen LogP contribution in [0.5, 0.6) is 0 Å². The Morgan fingerprint density at radius 2 is 2.15 bits per heavy atom. The molecule has 1 aromatic rings. The lowest BCUT2D eigenvalue weighted by molar-refractivity contribution is -0.137. The summed E-state index contributed by atoms with van der Waals surface area (Å²) in [6, 6.07) is 4.17. The van der Waals surface area contributed by atoms with Gasteiger partial charge in [-0.05, 0) is 53.5 Å². The number of alkyl halides is 3. The second kappa shape index (κ2) is 6.35. The minimum Gasteiger partial charge on any atom is -0.369 e. The van der Waals surface area contributed by atoms with E-state index in [4.69, 9.17) is 0 Å². The van der Waals surface area contributed by atoms with Gasteiger partial charge in [-0.25, -0.2) is 0 Å². The maximum Gasteiger partial charge on any atom is 0.416 e. The number of likely N-dealkylation sites (N-methyl/N-ethyl adjacent to an activating group) is 1. The lowest BCUT2D eigenvalue weighted by atomic mass is 10.0. The second-order valence-corrected chi connectivity index (χ2v) is 5.86. The zero-order valence-corrected chi connectivity index (χ0v) is 12.9. The molecule has 112 valence electrons. The van der Waals surface area contributed by atoms with E-state index in [0.29, 0.717) is 16.2 Å². The summed E-state index contributed by atoms with van der Waals surface area (Å²) >= 11 is 3.36. The Morgan fingerprint density at radius 1 is 1.40 bits per heavy atom. The zero-order chi connectivity index (χ0) is 14.8. The van der Waals surface area contributed by atoms with E-state index in [9.17, 15) is 13.2 Å². The van der Waals surface area contributed by atoms with Crippen molar-refractivity contribution in [3.8, 4) is 0 Å². The highest BCUT2D eigenvalue weighted by Crippen LogP contribution is 2.36. The Labute approximate surface area is 125 Å². The second-order valence-electron chi connectivity index (χ2n) is 5.01. The molecule has 0 aromatic heterocycles. The number of anilines is 1. The van der Waals surface area contributed by atoms with Gasteiger partial charge in [0.05, 0.1) is 11.3 Å². The Bertz CT molecular complexity index is 460. The minimum absolute atomic E-state index is 0.343. The number of halogens is 4. The molecule has 1 heterocycles. The lowest BCUT2D eigenvalue weighted by Crippen LogP contribution is -2.45. The number of benzene rings is 1. The van der Waals surface area contributed by atoms with Crippen molar-refractivity contribution in [2.24, 2.45) is 0 Å². The van der Waals surface area contributed by atoms with Crippen LogP contribution < -0.4 is 10.2 Å². The molecule has 1 saturated heterocycles. The van der Waals surface area contributed by atoms with Gasteiger partial charge >= 0.3 is 6.18 Å². The summed E-state index contributed by atoms with van der Waals surface area (Å²) < 4.78 is 39.2. The minimum atomic E-state index is -4.30. The molecular formula is C14H18BrF3N2. The standard InChI is InChI=1S/C14H18BrF3N2/c1-2-19-11-4-3-7-20(9-11)13-8-10(14(16,17)18)5-6-12(13)15/h5-6,8,11,19H,2-4,7,9H2,1H3. The molecule has 0 aliphatic carbocycles. The summed E-state index contributed by atoms with van der Waals surface area (Å²) in [6.45, 7) is 4.46. The zero-order valence-electron chi connectivity index (χ0n) is 11.3. The predicted octanol–water partition coefficient (Wildman–Crippen LogP) is 4.05. The largest absolute Gasteiger partial charge is 0.416 e. The van der Waals surface area contributed by atoms with Crippen molar-refractivity contribution in [2.45, 2.75) is 32.0 Å². The lowest BCUT2D eigenvalue weighted by Gasteiger charge is -2.35. The highest BCUT2D eigenvalue weighted by molar-refractivity contribution is 9.10. The summed E-state index contributed by atoms with van der Waals surface area (Å²) in [5, 5.41) is 3.37. The number of piperidine rings is 1. The SMILES string of the molecule is CCNC1CCCN(c2cc(C(F)(F)F)ccc2Br)C1. The molecule has 1 N–H and O–H groups in total. The van der Waals surface area contributed by atoms with Crippen LogP contribution in [0.4, 0.5) is 18.9 Å². The monoisotopic (exact) mass is 350 g/mol. The molecule has 0 saturated carbocycles. The fraction of sp³-hybridized carbons (Fsp3) is 0.571. The van der Waals surface area contributed by atoms with Gasteiger partial charge in [0, 0.05) is 23.6 Å². The maximum absolute atomic E-state index is 12.8. The molecule has 20 heavy (non-hydrogen) atoms. The van der Waals surface area contributed by atoms with Gasteiger partial charge < -0.3 is 10.2 Å². The average molecular weight is 351 g/mol. The molecule has 1 unspecified atom stereocenters. The van der Waals surface area contributed by atoms with Crippen LogP contribution in [0, 0.1) is 0 Å². The van der Waals surface area contributed by atoms with E-state index in [0.717, 1.165) is 38.5 Å². The summed E-state index contributed by atoms with van der Waals surface area (Å²) in [5.41, 5.74) is 0.0312. The number of nitrogens with zero attached hydrogens (tertiary/aromatic N) is 1. The van der Waals surface area contributed by atoms with Gasteiger partial charge in [0.15, 0.2) is 0 Å². The molecule has 0 amide bonds. The van der Waals surface area contributed by atoms with Crippen LogP contribution in [0.1, 0.15) is 25.3 Å². The molecule has 6 heteroatoms. The van der Waals surface area contributed by atoms with Gasteiger partial charge in [0.2, 0.25) is 0 Å². The van der Waals surface area contributed by atoms with Crippen molar-refractivity contribution >= 4 is 21.6 Å². The van der Waals surface area contributed by atoms with E-state index >= 15 is 0 Å². The summed E-state index contributed by atoms with van der Waals surface area (Å²) in [4.78, 5) is 2.02. The predicted molar refractivity (Wildman–Crippen MR) is 78.1 cm³/mol. The maximum atomic E-state index is 12.8. The molecule has 1 aromatic carbocycles. The molecule has 1 fully saturated rings. The normalized spacial score (nSPS) is 20.2. The van der Waals surface area contributed by atoms with Crippen molar-refractivity contribution in [1.29, 1.82) is 0 Å². The van der Waals surface area contributed by atoms with Crippen LogP contribution in [0.15, 0.2) is 22.7 Å². The molecular weight excluding hydrogens is 333 g/mol.